The van der Waals surface area contributed by atoms with Gasteiger partial charge in [0, 0.05) is 11.6 Å². The van der Waals surface area contributed by atoms with Crippen LogP contribution < -0.4 is 4.74 Å². The van der Waals surface area contributed by atoms with Crippen LogP contribution in [0.5, 0.6) is 5.88 Å². The molecule has 1 aromatic heterocycles. The Kier molecular flexibility index (Phi) is 4.97. The van der Waals surface area contributed by atoms with Crippen LogP contribution in [-0.4, -0.2) is 27.6 Å². The Morgan fingerprint density at radius 3 is 2.59 bits per heavy atom. The van der Waals surface area contributed by atoms with Gasteiger partial charge in [-0.1, -0.05) is 4.40 Å². The Labute approximate surface area is 113 Å². The fraction of sp³-hybridized carbons (Fsp3) is 0.455. The molecule has 4 nitrogen and oxygen atoms in total. The molecular formula is C11H15BrN2O2S. The van der Waals surface area contributed by atoms with E-state index in [0.29, 0.717) is 10.5 Å². The molecule has 0 saturated heterocycles. The molecule has 0 N–H and O–H groups in total. The predicted molar refractivity (Wildman–Crippen MR) is 74.0 cm³/mol. The van der Waals surface area contributed by atoms with E-state index in [9.17, 15) is 4.55 Å². The first-order valence-electron chi connectivity index (χ1n) is 5.01. The number of aromatic nitrogens is 1. The Balaban J connectivity index is 2.85. The van der Waals surface area contributed by atoms with Gasteiger partial charge >= 0.3 is 0 Å². The fourth-order valence-corrected chi connectivity index (χ4v) is 1.84. The number of halogens is 1. The quantitative estimate of drug-likeness (QED) is 0.489. The lowest BCUT2D eigenvalue weighted by atomic mass is 10.3. The van der Waals surface area contributed by atoms with Gasteiger partial charge in [-0.15, -0.1) is 0 Å². The van der Waals surface area contributed by atoms with Crippen molar-refractivity contribution in [3.05, 3.63) is 22.3 Å². The number of ether oxygens (including phenoxy) is 1. The SMILES string of the molecule is COc1ccc(C=N[S@+]([O-])C(C)(C)C)c(Br)n1. The first kappa shape index (κ1) is 14.5. The molecule has 0 aliphatic rings. The van der Waals surface area contributed by atoms with Crippen LogP contribution in [0.2, 0.25) is 0 Å². The number of nitrogens with zero attached hydrogens (tertiary/aromatic N) is 2. The third-order valence-corrected chi connectivity index (χ3v) is 3.85. The summed E-state index contributed by atoms with van der Waals surface area (Å²) in [6.45, 7) is 5.63. The molecule has 1 heterocycles. The van der Waals surface area contributed by atoms with Gasteiger partial charge in [0.1, 0.15) is 20.7 Å². The van der Waals surface area contributed by atoms with Crippen molar-refractivity contribution in [2.24, 2.45) is 4.40 Å². The molecule has 0 aromatic carbocycles. The molecule has 17 heavy (non-hydrogen) atoms. The minimum absolute atomic E-state index is 0.358. The second-order valence-electron chi connectivity index (χ2n) is 4.33. The third-order valence-electron chi connectivity index (χ3n) is 1.87. The molecule has 1 rings (SSSR count). The third kappa shape index (κ3) is 4.29. The summed E-state index contributed by atoms with van der Waals surface area (Å²) in [7, 11) is 1.55. The molecule has 1 aromatic rings. The van der Waals surface area contributed by atoms with E-state index in [4.69, 9.17) is 4.74 Å². The van der Waals surface area contributed by atoms with Gasteiger partial charge in [-0.25, -0.2) is 4.98 Å². The first-order valence-corrected chi connectivity index (χ1v) is 6.91. The van der Waals surface area contributed by atoms with E-state index in [1.54, 1.807) is 25.5 Å². The Morgan fingerprint density at radius 1 is 1.47 bits per heavy atom. The van der Waals surface area contributed by atoms with E-state index < -0.39 is 11.4 Å². The fourth-order valence-electron chi connectivity index (χ4n) is 0.901. The monoisotopic (exact) mass is 318 g/mol. The van der Waals surface area contributed by atoms with E-state index in [0.717, 1.165) is 5.56 Å². The topological polar surface area (TPSA) is 57.5 Å². The van der Waals surface area contributed by atoms with Crippen LogP contribution >= 0.6 is 15.9 Å². The van der Waals surface area contributed by atoms with Gasteiger partial charge in [-0.2, -0.15) is 0 Å². The summed E-state index contributed by atoms with van der Waals surface area (Å²) in [5.41, 5.74) is 0.767. The van der Waals surface area contributed by atoms with Gasteiger partial charge in [-0.05, 0) is 42.8 Å². The van der Waals surface area contributed by atoms with E-state index in [1.807, 2.05) is 20.8 Å². The highest BCUT2D eigenvalue weighted by Gasteiger charge is 2.25. The zero-order valence-electron chi connectivity index (χ0n) is 10.2. The highest BCUT2D eigenvalue weighted by atomic mass is 79.9. The zero-order chi connectivity index (χ0) is 13.1. The maximum absolute atomic E-state index is 11.7. The van der Waals surface area contributed by atoms with Crippen LogP contribution in [0.4, 0.5) is 0 Å². The van der Waals surface area contributed by atoms with Crippen molar-refractivity contribution in [2.45, 2.75) is 25.5 Å². The molecule has 0 aliphatic carbocycles. The second-order valence-corrected chi connectivity index (χ2v) is 7.01. The molecule has 0 amide bonds. The van der Waals surface area contributed by atoms with Gasteiger partial charge in [0.15, 0.2) is 0 Å². The van der Waals surface area contributed by atoms with Crippen LogP contribution in [0.3, 0.4) is 0 Å². The highest BCUT2D eigenvalue weighted by Crippen LogP contribution is 2.19. The predicted octanol–water partition coefficient (Wildman–Crippen LogP) is 2.73. The van der Waals surface area contributed by atoms with Gasteiger partial charge in [0.05, 0.1) is 13.3 Å². The number of hydrogen-bond acceptors (Lipinski definition) is 4. The summed E-state index contributed by atoms with van der Waals surface area (Å²) < 4.78 is 21.0. The highest BCUT2D eigenvalue weighted by molar-refractivity contribution is 9.10. The molecular weight excluding hydrogens is 304 g/mol. The Bertz CT molecular complexity index is 418. The van der Waals surface area contributed by atoms with E-state index in [2.05, 4.69) is 25.3 Å². The summed E-state index contributed by atoms with van der Waals surface area (Å²) in [4.78, 5) is 4.14. The molecule has 0 unspecified atom stereocenters. The van der Waals surface area contributed by atoms with Gasteiger partial charge < -0.3 is 9.29 Å². The number of pyridine rings is 1. The van der Waals surface area contributed by atoms with Crippen LogP contribution in [0.1, 0.15) is 26.3 Å². The molecule has 0 spiro atoms. The van der Waals surface area contributed by atoms with Crippen molar-refractivity contribution in [1.29, 1.82) is 0 Å². The lowest BCUT2D eigenvalue weighted by Crippen LogP contribution is -2.25. The maximum atomic E-state index is 11.7. The Hall–Kier alpha value is -0.590. The van der Waals surface area contributed by atoms with Gasteiger partial charge in [-0.3, -0.25) is 0 Å². The van der Waals surface area contributed by atoms with Crippen LogP contribution in [-0.2, 0) is 11.4 Å². The molecule has 6 heteroatoms. The summed E-state index contributed by atoms with van der Waals surface area (Å²) in [6, 6.07) is 3.53. The second kappa shape index (κ2) is 5.84. The molecule has 94 valence electrons. The molecule has 0 radical (unpaired) electrons. The van der Waals surface area contributed by atoms with E-state index in [-0.39, 0.29) is 4.75 Å². The number of rotatable bonds is 3. The number of hydrogen-bond donors (Lipinski definition) is 0. The van der Waals surface area contributed by atoms with E-state index in [1.165, 1.54) is 0 Å². The number of methoxy groups -OCH3 is 1. The van der Waals surface area contributed by atoms with Crippen molar-refractivity contribution in [2.75, 3.05) is 7.11 Å². The smallest absolute Gasteiger partial charge is 0.214 e. The van der Waals surface area contributed by atoms with Crippen LogP contribution in [0, 0.1) is 0 Å². The lowest BCUT2D eigenvalue weighted by Gasteiger charge is -2.17. The van der Waals surface area contributed by atoms with Gasteiger partial charge in [0.25, 0.3) is 0 Å². The summed E-state index contributed by atoms with van der Waals surface area (Å²) in [5, 5.41) is 0. The normalized spacial score (nSPS) is 14.0. The first-order chi connectivity index (χ1) is 7.84. The van der Waals surface area contributed by atoms with Crippen molar-refractivity contribution in [3.63, 3.8) is 0 Å². The van der Waals surface area contributed by atoms with Crippen molar-refractivity contribution in [3.8, 4) is 5.88 Å². The Morgan fingerprint density at radius 2 is 2.12 bits per heavy atom. The van der Waals surface area contributed by atoms with Gasteiger partial charge in [0.2, 0.25) is 5.88 Å². The summed E-state index contributed by atoms with van der Waals surface area (Å²) >= 11 is 2.04. The standard InChI is InChI=1S/C11H15BrN2O2S/c1-11(2,3)17(15)13-7-8-5-6-9(16-4)14-10(8)12/h5-7H,1-4H3/t17-/m1/s1. The van der Waals surface area contributed by atoms with Crippen molar-refractivity contribution in [1.82, 2.24) is 4.98 Å². The molecule has 0 aliphatic heterocycles. The van der Waals surface area contributed by atoms with Crippen molar-refractivity contribution < 1.29 is 9.29 Å². The van der Waals surface area contributed by atoms with Crippen LogP contribution in [0.25, 0.3) is 0 Å². The average molecular weight is 319 g/mol. The molecule has 0 fully saturated rings. The lowest BCUT2D eigenvalue weighted by molar-refractivity contribution is 0.397. The molecule has 0 saturated carbocycles. The zero-order valence-corrected chi connectivity index (χ0v) is 12.6. The minimum Gasteiger partial charge on any atom is -0.591 e. The van der Waals surface area contributed by atoms with E-state index >= 15 is 0 Å². The summed E-state index contributed by atoms with van der Waals surface area (Å²) in [5.74, 6) is 0.519. The molecule has 0 bridgehead atoms. The summed E-state index contributed by atoms with van der Waals surface area (Å²) in [6.07, 6.45) is 1.55. The molecule has 1 atom stereocenters. The van der Waals surface area contributed by atoms with Crippen molar-refractivity contribution >= 4 is 33.5 Å². The maximum Gasteiger partial charge on any atom is 0.214 e. The largest absolute Gasteiger partial charge is 0.591 e. The average Bonchev–Trinajstić information content (AvgIpc) is 2.25. The minimum atomic E-state index is -1.26. The van der Waals surface area contributed by atoms with Crippen LogP contribution in [0.15, 0.2) is 21.1 Å².